The zero-order valence-electron chi connectivity index (χ0n) is 14.3. The number of amides is 2. The van der Waals surface area contributed by atoms with Crippen LogP contribution in [0.4, 0.5) is 0 Å². The number of halogens is 1. The maximum Gasteiger partial charge on any atom is 0.258 e. The number of nitrogens with one attached hydrogen (secondary N) is 2. The van der Waals surface area contributed by atoms with Crippen LogP contribution in [0, 0.1) is 0 Å². The molecule has 0 aromatic heterocycles. The lowest BCUT2D eigenvalue weighted by Gasteiger charge is -2.26. The van der Waals surface area contributed by atoms with E-state index >= 15 is 0 Å². The molecule has 2 aromatic rings. The van der Waals surface area contributed by atoms with Crippen molar-refractivity contribution < 1.29 is 14.3 Å². The Balaban J connectivity index is 1.43. The largest absolute Gasteiger partial charge is 0.484 e. The molecule has 1 aliphatic carbocycles. The third-order valence-corrected chi connectivity index (χ3v) is 4.86. The maximum atomic E-state index is 12.2. The predicted octanol–water partition coefficient (Wildman–Crippen LogP) is 3.14. The van der Waals surface area contributed by atoms with Gasteiger partial charge >= 0.3 is 0 Å². The van der Waals surface area contributed by atoms with E-state index in [0.717, 1.165) is 23.7 Å². The van der Waals surface area contributed by atoms with E-state index in [9.17, 15) is 9.59 Å². The van der Waals surface area contributed by atoms with Crippen molar-refractivity contribution in [2.75, 3.05) is 13.2 Å². The van der Waals surface area contributed by atoms with Crippen molar-refractivity contribution in [3.63, 3.8) is 0 Å². The van der Waals surface area contributed by atoms with E-state index in [-0.39, 0.29) is 31.0 Å². The Hall–Kier alpha value is -2.34. The van der Waals surface area contributed by atoms with Crippen LogP contribution in [0.25, 0.3) is 0 Å². The fourth-order valence-corrected chi connectivity index (χ4v) is 3.32. The average molecular weight is 417 g/mol. The summed E-state index contributed by atoms with van der Waals surface area (Å²) in [5, 5.41) is 5.60. The average Bonchev–Trinajstić information content (AvgIpc) is 2.66. The van der Waals surface area contributed by atoms with Gasteiger partial charge in [-0.15, -0.1) is 0 Å². The van der Waals surface area contributed by atoms with Gasteiger partial charge in [-0.2, -0.15) is 0 Å². The van der Waals surface area contributed by atoms with Gasteiger partial charge in [-0.25, -0.2) is 0 Å². The summed E-state index contributed by atoms with van der Waals surface area (Å²) in [6.07, 6.45) is 3.02. The Morgan fingerprint density at radius 2 is 1.85 bits per heavy atom. The first-order valence-corrected chi connectivity index (χ1v) is 9.43. The summed E-state index contributed by atoms with van der Waals surface area (Å²) in [7, 11) is 0. The van der Waals surface area contributed by atoms with Gasteiger partial charge < -0.3 is 15.4 Å². The first-order valence-electron chi connectivity index (χ1n) is 8.64. The molecule has 0 bridgehead atoms. The normalized spacial score (nSPS) is 15.7. The molecule has 1 unspecified atom stereocenters. The first kappa shape index (κ1) is 18.5. The number of fused-ring (bicyclic) bond motifs is 1. The molecule has 0 heterocycles. The summed E-state index contributed by atoms with van der Waals surface area (Å²) in [6.45, 7) is -0.178. The summed E-state index contributed by atoms with van der Waals surface area (Å²) >= 11 is 3.34. The number of hydrogen-bond acceptors (Lipinski definition) is 3. The van der Waals surface area contributed by atoms with Gasteiger partial charge in [-0.3, -0.25) is 9.59 Å². The minimum absolute atomic E-state index is 0.0170. The molecule has 26 heavy (non-hydrogen) atoms. The summed E-state index contributed by atoms with van der Waals surface area (Å²) in [5.41, 5.74) is 2.47. The molecule has 2 aromatic carbocycles. The maximum absolute atomic E-state index is 12.2. The van der Waals surface area contributed by atoms with Gasteiger partial charge in [0.1, 0.15) is 5.75 Å². The molecule has 0 saturated carbocycles. The molecule has 1 aliphatic rings. The molecule has 5 nitrogen and oxygen atoms in total. The Labute approximate surface area is 161 Å². The standard InChI is InChI=1S/C20H21BrN2O3/c21-15-8-10-16(11-9-15)26-13-20(25)22-12-19(24)23-18-7-3-5-14-4-1-2-6-17(14)18/h1-2,4,6,8-11,18H,3,5,7,12-13H2,(H,22,25)(H,23,24). The number of hydrogen-bond donors (Lipinski definition) is 2. The van der Waals surface area contributed by atoms with Crippen molar-refractivity contribution in [3.05, 3.63) is 64.1 Å². The topological polar surface area (TPSA) is 67.4 Å². The molecule has 2 N–H and O–H groups in total. The van der Waals surface area contributed by atoms with Crippen LogP contribution in [0.3, 0.4) is 0 Å². The van der Waals surface area contributed by atoms with Gasteiger partial charge in [-0.05, 0) is 54.7 Å². The van der Waals surface area contributed by atoms with E-state index in [4.69, 9.17) is 4.74 Å². The second-order valence-corrected chi connectivity index (χ2v) is 7.15. The van der Waals surface area contributed by atoms with E-state index in [1.165, 1.54) is 11.1 Å². The Kier molecular flexibility index (Phi) is 6.28. The monoisotopic (exact) mass is 416 g/mol. The Morgan fingerprint density at radius 3 is 2.65 bits per heavy atom. The van der Waals surface area contributed by atoms with Crippen molar-refractivity contribution >= 4 is 27.7 Å². The van der Waals surface area contributed by atoms with Gasteiger partial charge in [0.05, 0.1) is 12.6 Å². The number of aryl methyl sites for hydroxylation is 1. The fourth-order valence-electron chi connectivity index (χ4n) is 3.06. The van der Waals surface area contributed by atoms with Crippen LogP contribution in [0.1, 0.15) is 30.0 Å². The van der Waals surface area contributed by atoms with E-state index < -0.39 is 0 Å². The highest BCUT2D eigenvalue weighted by Crippen LogP contribution is 2.29. The molecule has 0 spiro atoms. The zero-order chi connectivity index (χ0) is 18.4. The highest BCUT2D eigenvalue weighted by atomic mass is 79.9. The van der Waals surface area contributed by atoms with Gasteiger partial charge in [0, 0.05) is 4.47 Å². The number of carbonyl (C=O) groups excluding carboxylic acids is 2. The van der Waals surface area contributed by atoms with E-state index in [2.05, 4.69) is 38.7 Å². The van der Waals surface area contributed by atoms with Crippen LogP contribution < -0.4 is 15.4 Å². The summed E-state index contributed by atoms with van der Waals surface area (Å²) < 4.78 is 6.33. The van der Waals surface area contributed by atoms with Crippen molar-refractivity contribution in [1.29, 1.82) is 0 Å². The highest BCUT2D eigenvalue weighted by molar-refractivity contribution is 9.10. The zero-order valence-corrected chi connectivity index (χ0v) is 15.9. The van der Waals surface area contributed by atoms with Gasteiger partial charge in [0.2, 0.25) is 5.91 Å². The second-order valence-electron chi connectivity index (χ2n) is 6.23. The Morgan fingerprint density at radius 1 is 1.08 bits per heavy atom. The van der Waals surface area contributed by atoms with Crippen LogP contribution in [-0.4, -0.2) is 25.0 Å². The molecule has 2 amide bonds. The molecule has 0 aliphatic heterocycles. The number of benzene rings is 2. The highest BCUT2D eigenvalue weighted by Gasteiger charge is 2.21. The molecule has 0 radical (unpaired) electrons. The SMILES string of the molecule is O=C(COc1ccc(Br)cc1)NCC(=O)NC1CCCc2ccccc21. The molecule has 1 atom stereocenters. The van der Waals surface area contributed by atoms with Crippen molar-refractivity contribution in [2.45, 2.75) is 25.3 Å². The molecule has 6 heteroatoms. The fraction of sp³-hybridized carbons (Fsp3) is 0.300. The van der Waals surface area contributed by atoms with Crippen molar-refractivity contribution in [1.82, 2.24) is 10.6 Å². The van der Waals surface area contributed by atoms with Gasteiger partial charge in [-0.1, -0.05) is 40.2 Å². The summed E-state index contributed by atoms with van der Waals surface area (Å²) in [6, 6.07) is 15.4. The lowest BCUT2D eigenvalue weighted by atomic mass is 9.88. The molecule has 0 fully saturated rings. The van der Waals surface area contributed by atoms with Crippen LogP contribution in [0.15, 0.2) is 53.0 Å². The first-order chi connectivity index (χ1) is 12.6. The summed E-state index contributed by atoms with van der Waals surface area (Å²) in [4.78, 5) is 24.0. The Bertz CT molecular complexity index is 777. The molecule has 136 valence electrons. The lowest BCUT2D eigenvalue weighted by molar-refractivity contribution is -0.127. The smallest absolute Gasteiger partial charge is 0.258 e. The minimum atomic E-state index is -0.327. The van der Waals surface area contributed by atoms with Crippen molar-refractivity contribution in [2.24, 2.45) is 0 Å². The van der Waals surface area contributed by atoms with E-state index in [1.54, 1.807) is 12.1 Å². The van der Waals surface area contributed by atoms with Crippen LogP contribution in [0.2, 0.25) is 0 Å². The molecule has 3 rings (SSSR count). The van der Waals surface area contributed by atoms with Gasteiger partial charge in [0.25, 0.3) is 5.91 Å². The number of carbonyl (C=O) groups is 2. The molecular weight excluding hydrogens is 396 g/mol. The van der Waals surface area contributed by atoms with Crippen LogP contribution in [-0.2, 0) is 16.0 Å². The van der Waals surface area contributed by atoms with Gasteiger partial charge in [0.15, 0.2) is 6.61 Å². The lowest BCUT2D eigenvalue weighted by Crippen LogP contribution is -2.40. The third-order valence-electron chi connectivity index (χ3n) is 4.33. The summed E-state index contributed by atoms with van der Waals surface area (Å²) in [5.74, 6) is 0.0856. The molecular formula is C20H21BrN2O3. The second kappa shape index (κ2) is 8.85. The van der Waals surface area contributed by atoms with E-state index in [1.807, 2.05) is 24.3 Å². The van der Waals surface area contributed by atoms with Crippen LogP contribution >= 0.6 is 15.9 Å². The quantitative estimate of drug-likeness (QED) is 0.759. The van der Waals surface area contributed by atoms with E-state index in [0.29, 0.717) is 5.75 Å². The third kappa shape index (κ3) is 5.08. The van der Waals surface area contributed by atoms with Crippen molar-refractivity contribution in [3.8, 4) is 5.75 Å². The predicted molar refractivity (Wildman–Crippen MR) is 103 cm³/mol. The molecule has 0 saturated heterocycles. The van der Waals surface area contributed by atoms with Crippen LogP contribution in [0.5, 0.6) is 5.75 Å². The number of rotatable bonds is 6. The minimum Gasteiger partial charge on any atom is -0.484 e. The number of ether oxygens (including phenoxy) is 1.